The molecule has 2 rings (SSSR count). The van der Waals surface area contributed by atoms with Gasteiger partial charge in [0.2, 0.25) is 0 Å². The van der Waals surface area contributed by atoms with E-state index in [0.29, 0.717) is 11.8 Å². The van der Waals surface area contributed by atoms with Crippen molar-refractivity contribution in [1.29, 1.82) is 0 Å². The molecule has 0 heterocycles. The molecule has 0 aliphatic carbocycles. The summed E-state index contributed by atoms with van der Waals surface area (Å²) in [7, 11) is 0. The highest BCUT2D eigenvalue weighted by molar-refractivity contribution is 6.33. The number of hydrogen-bond acceptors (Lipinski definition) is 1. The molecule has 0 saturated heterocycles. The van der Waals surface area contributed by atoms with Crippen LogP contribution in [0.5, 0.6) is 0 Å². The summed E-state index contributed by atoms with van der Waals surface area (Å²) < 4.78 is 39.1. The minimum Gasteiger partial charge on any atom is -0.298 e. The zero-order valence-electron chi connectivity index (χ0n) is 8.88. The van der Waals surface area contributed by atoms with E-state index >= 15 is 0 Å². The largest absolute Gasteiger partial charge is 0.298 e. The molecule has 1 nitrogen and oxygen atoms in total. The van der Waals surface area contributed by atoms with Gasteiger partial charge in [0.1, 0.15) is 6.29 Å². The molecule has 0 aliphatic rings. The van der Waals surface area contributed by atoms with E-state index in [4.69, 9.17) is 11.6 Å². The van der Waals surface area contributed by atoms with Gasteiger partial charge in [-0.25, -0.2) is 13.2 Å². The van der Waals surface area contributed by atoms with Gasteiger partial charge < -0.3 is 0 Å². The molecule has 0 saturated carbocycles. The zero-order valence-corrected chi connectivity index (χ0v) is 9.64. The molecule has 0 spiro atoms. The van der Waals surface area contributed by atoms with Crippen LogP contribution in [0.15, 0.2) is 30.3 Å². The van der Waals surface area contributed by atoms with Crippen molar-refractivity contribution < 1.29 is 18.0 Å². The second kappa shape index (κ2) is 4.82. The van der Waals surface area contributed by atoms with Crippen LogP contribution in [0.25, 0.3) is 11.1 Å². The first-order valence-electron chi connectivity index (χ1n) is 4.92. The predicted molar refractivity (Wildman–Crippen MR) is 62.1 cm³/mol. The molecule has 5 heteroatoms. The van der Waals surface area contributed by atoms with E-state index in [1.165, 1.54) is 18.2 Å². The summed E-state index contributed by atoms with van der Waals surface area (Å²) >= 11 is 5.88. The van der Waals surface area contributed by atoms with Gasteiger partial charge >= 0.3 is 0 Å². The molecule has 18 heavy (non-hydrogen) atoms. The average molecular weight is 271 g/mol. The van der Waals surface area contributed by atoms with E-state index in [-0.39, 0.29) is 16.1 Å². The van der Waals surface area contributed by atoms with Gasteiger partial charge in [0, 0.05) is 16.1 Å². The number of halogens is 4. The molecular formula is C13H6ClF3O. The van der Waals surface area contributed by atoms with E-state index in [0.717, 1.165) is 12.1 Å². The van der Waals surface area contributed by atoms with Crippen LogP contribution in [0.2, 0.25) is 5.02 Å². The fourth-order valence-corrected chi connectivity index (χ4v) is 1.78. The number of benzene rings is 2. The second-order valence-corrected chi connectivity index (χ2v) is 4.02. The Kier molecular flexibility index (Phi) is 3.39. The van der Waals surface area contributed by atoms with Crippen LogP contribution in [-0.2, 0) is 0 Å². The molecule has 92 valence electrons. The summed E-state index contributed by atoms with van der Waals surface area (Å²) in [5, 5.41) is 0.214. The van der Waals surface area contributed by atoms with Gasteiger partial charge in [-0.1, -0.05) is 17.7 Å². The minimum absolute atomic E-state index is 0.0695. The van der Waals surface area contributed by atoms with Gasteiger partial charge in [-0.3, -0.25) is 4.79 Å². The smallest absolute Gasteiger partial charge is 0.194 e. The third-order valence-electron chi connectivity index (χ3n) is 2.42. The van der Waals surface area contributed by atoms with E-state index in [1.54, 1.807) is 0 Å². The second-order valence-electron chi connectivity index (χ2n) is 3.61. The summed E-state index contributed by atoms with van der Waals surface area (Å²) in [6.07, 6.45) is 0.579. The topological polar surface area (TPSA) is 17.1 Å². The summed E-state index contributed by atoms with van der Waals surface area (Å²) in [6.45, 7) is 0. The van der Waals surface area contributed by atoms with Crippen LogP contribution in [0.1, 0.15) is 10.4 Å². The molecule has 2 aromatic carbocycles. The third kappa shape index (κ3) is 2.24. The van der Waals surface area contributed by atoms with Gasteiger partial charge in [-0.2, -0.15) is 0 Å². The number of rotatable bonds is 2. The molecule has 0 aliphatic heterocycles. The van der Waals surface area contributed by atoms with Gasteiger partial charge in [-0.15, -0.1) is 0 Å². The Hall–Kier alpha value is -1.81. The van der Waals surface area contributed by atoms with Gasteiger partial charge in [-0.05, 0) is 29.8 Å². The van der Waals surface area contributed by atoms with Crippen LogP contribution < -0.4 is 0 Å². The Morgan fingerprint density at radius 1 is 1.00 bits per heavy atom. The lowest BCUT2D eigenvalue weighted by Gasteiger charge is -2.06. The molecular weight excluding hydrogens is 265 g/mol. The quantitative estimate of drug-likeness (QED) is 0.589. The number of carbonyl (C=O) groups is 1. The molecule has 0 atom stereocenters. The first-order chi connectivity index (χ1) is 8.52. The van der Waals surface area contributed by atoms with Crippen molar-refractivity contribution in [2.75, 3.05) is 0 Å². The molecule has 2 aromatic rings. The SMILES string of the molecule is O=Cc1ccc(Cl)c(-c2cc(F)c(F)c(F)c2)c1. The first kappa shape index (κ1) is 12.6. The van der Waals surface area contributed by atoms with Crippen LogP contribution in [0.4, 0.5) is 13.2 Å². The maximum atomic E-state index is 13.1. The summed E-state index contributed by atoms with van der Waals surface area (Å²) in [5.74, 6) is -4.16. The Labute approximate surface area is 106 Å². The van der Waals surface area contributed by atoms with E-state index < -0.39 is 17.5 Å². The van der Waals surface area contributed by atoms with Crippen molar-refractivity contribution >= 4 is 17.9 Å². The van der Waals surface area contributed by atoms with Gasteiger partial charge in [0.15, 0.2) is 17.5 Å². The molecule has 0 aromatic heterocycles. The molecule has 0 N–H and O–H groups in total. The Balaban J connectivity index is 2.65. The monoisotopic (exact) mass is 270 g/mol. The number of aldehydes is 1. The molecule has 0 fully saturated rings. The van der Waals surface area contributed by atoms with Crippen LogP contribution in [0, 0.1) is 17.5 Å². The van der Waals surface area contributed by atoms with Crippen molar-refractivity contribution in [3.63, 3.8) is 0 Å². The predicted octanol–water partition coefficient (Wildman–Crippen LogP) is 4.24. The third-order valence-corrected chi connectivity index (χ3v) is 2.75. The summed E-state index contributed by atoms with van der Waals surface area (Å²) in [4.78, 5) is 10.6. The maximum Gasteiger partial charge on any atom is 0.194 e. The lowest BCUT2D eigenvalue weighted by molar-refractivity contribution is 0.112. The van der Waals surface area contributed by atoms with Crippen molar-refractivity contribution in [1.82, 2.24) is 0 Å². The fraction of sp³-hybridized carbons (Fsp3) is 0. The fourth-order valence-electron chi connectivity index (χ4n) is 1.55. The standard InChI is InChI=1S/C13H6ClF3O/c14-10-2-1-7(6-18)3-9(10)8-4-11(15)13(17)12(16)5-8/h1-6H. The molecule has 0 unspecified atom stereocenters. The Morgan fingerprint density at radius 3 is 2.17 bits per heavy atom. The maximum absolute atomic E-state index is 13.1. The average Bonchev–Trinajstić information content (AvgIpc) is 2.36. The molecule has 0 bridgehead atoms. The minimum atomic E-state index is -1.54. The van der Waals surface area contributed by atoms with Crippen LogP contribution in [0.3, 0.4) is 0 Å². The zero-order chi connectivity index (χ0) is 13.3. The van der Waals surface area contributed by atoms with E-state index in [2.05, 4.69) is 0 Å². The van der Waals surface area contributed by atoms with Crippen LogP contribution in [-0.4, -0.2) is 6.29 Å². The number of carbonyl (C=O) groups excluding carboxylic acids is 1. The summed E-state index contributed by atoms with van der Waals surface area (Å²) in [5.41, 5.74) is 0.638. The van der Waals surface area contributed by atoms with Crippen LogP contribution >= 0.6 is 11.6 Å². The van der Waals surface area contributed by atoms with Crippen molar-refractivity contribution in [3.05, 3.63) is 58.4 Å². The molecule has 0 radical (unpaired) electrons. The highest BCUT2D eigenvalue weighted by atomic mass is 35.5. The van der Waals surface area contributed by atoms with E-state index in [9.17, 15) is 18.0 Å². The van der Waals surface area contributed by atoms with Crippen molar-refractivity contribution in [2.45, 2.75) is 0 Å². The first-order valence-corrected chi connectivity index (χ1v) is 5.30. The lowest BCUT2D eigenvalue weighted by atomic mass is 10.0. The summed E-state index contributed by atoms with van der Waals surface area (Å²) in [6, 6.07) is 5.93. The lowest BCUT2D eigenvalue weighted by Crippen LogP contribution is -1.93. The Bertz CT molecular complexity index is 603. The normalized spacial score (nSPS) is 10.4. The highest BCUT2D eigenvalue weighted by Crippen LogP contribution is 2.30. The Morgan fingerprint density at radius 2 is 1.61 bits per heavy atom. The van der Waals surface area contributed by atoms with Gasteiger partial charge in [0.25, 0.3) is 0 Å². The van der Waals surface area contributed by atoms with Gasteiger partial charge in [0.05, 0.1) is 0 Å². The molecule has 0 amide bonds. The van der Waals surface area contributed by atoms with Crippen molar-refractivity contribution in [3.8, 4) is 11.1 Å². The number of hydrogen-bond donors (Lipinski definition) is 0. The van der Waals surface area contributed by atoms with Crippen molar-refractivity contribution in [2.24, 2.45) is 0 Å². The van der Waals surface area contributed by atoms with E-state index in [1.807, 2.05) is 0 Å². The highest BCUT2D eigenvalue weighted by Gasteiger charge is 2.13.